The van der Waals surface area contributed by atoms with Gasteiger partial charge in [0.15, 0.2) is 0 Å². The molecule has 0 saturated heterocycles. The molecule has 0 aromatic heterocycles. The van der Waals surface area contributed by atoms with Gasteiger partial charge in [-0.2, -0.15) is 0 Å². The molecular formula is C14H19ClFNO. The number of hydrogen-bond donors (Lipinski definition) is 1. The summed E-state index contributed by atoms with van der Waals surface area (Å²) in [6, 6.07) is 4.21. The Balaban J connectivity index is 2.80. The van der Waals surface area contributed by atoms with E-state index < -0.39 is 0 Å². The fourth-order valence-corrected chi connectivity index (χ4v) is 2.05. The predicted molar refractivity (Wildman–Crippen MR) is 72.6 cm³/mol. The third-order valence-electron chi connectivity index (χ3n) is 2.97. The van der Waals surface area contributed by atoms with Crippen molar-refractivity contribution in [3.8, 4) is 0 Å². The molecule has 0 radical (unpaired) electrons. The molecule has 0 bridgehead atoms. The molecule has 4 heteroatoms. The fraction of sp³-hybridized carbons (Fsp3) is 0.500. The van der Waals surface area contributed by atoms with Crippen LogP contribution in [-0.4, -0.2) is 17.8 Å². The quantitative estimate of drug-likeness (QED) is 0.816. The van der Waals surface area contributed by atoms with Crippen LogP contribution in [-0.2, 0) is 0 Å². The van der Waals surface area contributed by atoms with E-state index in [0.717, 1.165) is 6.42 Å². The van der Waals surface area contributed by atoms with Gasteiger partial charge in [0.2, 0.25) is 0 Å². The smallest absolute Gasteiger partial charge is 0.251 e. The first-order valence-electron chi connectivity index (χ1n) is 6.08. The second-order valence-corrected chi connectivity index (χ2v) is 5.14. The highest BCUT2D eigenvalue weighted by molar-refractivity contribution is 6.17. The second-order valence-electron chi connectivity index (χ2n) is 4.76. The van der Waals surface area contributed by atoms with Crippen LogP contribution in [0.2, 0.25) is 0 Å². The molecule has 0 heterocycles. The molecule has 18 heavy (non-hydrogen) atoms. The molecule has 1 aromatic rings. The average Bonchev–Trinajstić information content (AvgIpc) is 2.27. The maximum atomic E-state index is 13.0. The fourth-order valence-electron chi connectivity index (χ4n) is 1.82. The number of carbonyl (C=O) groups is 1. The minimum absolute atomic E-state index is 0.0412. The Kier molecular flexibility index (Phi) is 5.60. The molecule has 0 saturated carbocycles. The minimum atomic E-state index is -0.329. The number of aryl methyl sites for hydroxylation is 1. The highest BCUT2D eigenvalue weighted by atomic mass is 35.5. The summed E-state index contributed by atoms with van der Waals surface area (Å²) in [4.78, 5) is 12.1. The van der Waals surface area contributed by atoms with Crippen LogP contribution in [0.25, 0.3) is 0 Å². The molecule has 0 aliphatic carbocycles. The Morgan fingerprint density at radius 3 is 2.61 bits per heavy atom. The number of carbonyl (C=O) groups excluding carboxylic acids is 1. The van der Waals surface area contributed by atoms with Crippen molar-refractivity contribution in [1.82, 2.24) is 5.32 Å². The number of amides is 1. The zero-order valence-electron chi connectivity index (χ0n) is 11.0. The van der Waals surface area contributed by atoms with Gasteiger partial charge < -0.3 is 5.32 Å². The van der Waals surface area contributed by atoms with Crippen molar-refractivity contribution >= 4 is 17.5 Å². The van der Waals surface area contributed by atoms with Gasteiger partial charge in [-0.05, 0) is 43.0 Å². The van der Waals surface area contributed by atoms with Crippen molar-refractivity contribution in [2.75, 3.05) is 5.88 Å². The van der Waals surface area contributed by atoms with Gasteiger partial charge in [-0.3, -0.25) is 4.79 Å². The molecule has 2 nitrogen and oxygen atoms in total. The van der Waals surface area contributed by atoms with E-state index in [9.17, 15) is 9.18 Å². The molecule has 1 unspecified atom stereocenters. The zero-order valence-corrected chi connectivity index (χ0v) is 11.7. The van der Waals surface area contributed by atoms with Crippen LogP contribution in [0.4, 0.5) is 4.39 Å². The first-order chi connectivity index (χ1) is 8.45. The number of alkyl halides is 1. The van der Waals surface area contributed by atoms with Gasteiger partial charge in [0.1, 0.15) is 5.82 Å². The maximum absolute atomic E-state index is 13.0. The lowest BCUT2D eigenvalue weighted by atomic mass is 10.0. The Labute approximate surface area is 113 Å². The minimum Gasteiger partial charge on any atom is -0.349 e. The Hall–Kier alpha value is -1.09. The highest BCUT2D eigenvalue weighted by Gasteiger charge is 2.17. The Bertz CT molecular complexity index is 420. The van der Waals surface area contributed by atoms with Gasteiger partial charge in [0.25, 0.3) is 5.91 Å². The lowest BCUT2D eigenvalue weighted by molar-refractivity contribution is 0.0924. The molecule has 0 aliphatic rings. The van der Waals surface area contributed by atoms with Crippen molar-refractivity contribution < 1.29 is 9.18 Å². The van der Waals surface area contributed by atoms with Gasteiger partial charge in [0.05, 0.1) is 0 Å². The molecule has 0 fully saturated rings. The van der Waals surface area contributed by atoms with Crippen LogP contribution >= 0.6 is 11.6 Å². The molecular weight excluding hydrogens is 253 g/mol. The topological polar surface area (TPSA) is 29.1 Å². The van der Waals surface area contributed by atoms with Crippen LogP contribution < -0.4 is 5.32 Å². The molecule has 1 N–H and O–H groups in total. The Morgan fingerprint density at radius 2 is 2.11 bits per heavy atom. The number of nitrogens with one attached hydrogen (secondary N) is 1. The standard InChI is InChI=1S/C14H19ClFNO/c1-9(2)13(6-7-15)17-14(18)12-5-4-11(16)8-10(12)3/h4-5,8-9,13H,6-7H2,1-3H3,(H,17,18). The number of benzene rings is 1. The van der Waals surface area contributed by atoms with Crippen LogP contribution in [0, 0.1) is 18.7 Å². The van der Waals surface area contributed by atoms with E-state index in [1.807, 2.05) is 13.8 Å². The van der Waals surface area contributed by atoms with E-state index in [-0.39, 0.29) is 17.8 Å². The molecule has 1 aromatic carbocycles. The van der Waals surface area contributed by atoms with Gasteiger partial charge in [-0.25, -0.2) is 4.39 Å². The number of rotatable bonds is 5. The van der Waals surface area contributed by atoms with Crippen LogP contribution in [0.1, 0.15) is 36.2 Å². The third-order valence-corrected chi connectivity index (χ3v) is 3.19. The van der Waals surface area contributed by atoms with E-state index in [4.69, 9.17) is 11.6 Å². The first-order valence-corrected chi connectivity index (χ1v) is 6.62. The zero-order chi connectivity index (χ0) is 13.7. The van der Waals surface area contributed by atoms with E-state index in [1.165, 1.54) is 18.2 Å². The van der Waals surface area contributed by atoms with Gasteiger partial charge in [-0.15, -0.1) is 11.6 Å². The van der Waals surface area contributed by atoms with Gasteiger partial charge in [0, 0.05) is 17.5 Å². The molecule has 100 valence electrons. The van der Waals surface area contributed by atoms with E-state index in [1.54, 1.807) is 6.92 Å². The predicted octanol–water partition coefficient (Wildman–Crippen LogP) is 3.52. The number of hydrogen-bond acceptors (Lipinski definition) is 1. The van der Waals surface area contributed by atoms with Gasteiger partial charge in [-0.1, -0.05) is 13.8 Å². The van der Waals surface area contributed by atoms with Crippen LogP contribution in [0.5, 0.6) is 0 Å². The normalized spacial score (nSPS) is 12.6. The highest BCUT2D eigenvalue weighted by Crippen LogP contribution is 2.13. The number of halogens is 2. The summed E-state index contributed by atoms with van der Waals surface area (Å²) in [7, 11) is 0. The summed E-state index contributed by atoms with van der Waals surface area (Å²) in [5.74, 6) is 0.320. The van der Waals surface area contributed by atoms with Crippen molar-refractivity contribution in [3.63, 3.8) is 0 Å². The summed E-state index contributed by atoms with van der Waals surface area (Å²) >= 11 is 5.72. The van der Waals surface area contributed by atoms with Crippen molar-refractivity contribution in [3.05, 3.63) is 35.1 Å². The average molecular weight is 272 g/mol. The summed E-state index contributed by atoms with van der Waals surface area (Å²) in [5.41, 5.74) is 1.15. The van der Waals surface area contributed by atoms with Crippen molar-refractivity contribution in [2.45, 2.75) is 33.2 Å². The van der Waals surface area contributed by atoms with Crippen molar-refractivity contribution in [2.24, 2.45) is 5.92 Å². The van der Waals surface area contributed by atoms with Gasteiger partial charge >= 0.3 is 0 Å². The summed E-state index contributed by atoms with van der Waals surface area (Å²) in [5, 5.41) is 2.95. The molecule has 0 aliphatic heterocycles. The van der Waals surface area contributed by atoms with E-state index >= 15 is 0 Å². The molecule has 1 atom stereocenters. The van der Waals surface area contributed by atoms with Crippen LogP contribution in [0.15, 0.2) is 18.2 Å². The largest absolute Gasteiger partial charge is 0.349 e. The van der Waals surface area contributed by atoms with E-state index in [2.05, 4.69) is 5.32 Å². The lowest BCUT2D eigenvalue weighted by Gasteiger charge is -2.22. The Morgan fingerprint density at radius 1 is 1.44 bits per heavy atom. The van der Waals surface area contributed by atoms with Crippen molar-refractivity contribution in [1.29, 1.82) is 0 Å². The molecule has 1 amide bonds. The maximum Gasteiger partial charge on any atom is 0.251 e. The third kappa shape index (κ3) is 3.98. The SMILES string of the molecule is Cc1cc(F)ccc1C(=O)NC(CCCl)C(C)C. The summed E-state index contributed by atoms with van der Waals surface area (Å²) < 4.78 is 13.0. The molecule has 0 spiro atoms. The monoisotopic (exact) mass is 271 g/mol. The summed E-state index contributed by atoms with van der Waals surface area (Å²) in [6.07, 6.45) is 0.727. The second kappa shape index (κ2) is 6.74. The summed E-state index contributed by atoms with van der Waals surface area (Å²) in [6.45, 7) is 5.80. The van der Waals surface area contributed by atoms with E-state index in [0.29, 0.717) is 22.9 Å². The van der Waals surface area contributed by atoms with Crippen LogP contribution in [0.3, 0.4) is 0 Å². The lowest BCUT2D eigenvalue weighted by Crippen LogP contribution is -2.39. The first kappa shape index (κ1) is 15.0. The molecule has 1 rings (SSSR count).